The second kappa shape index (κ2) is 8.19. The molecule has 0 saturated heterocycles. The minimum atomic E-state index is -0.413. The van der Waals surface area contributed by atoms with Gasteiger partial charge in [-0.25, -0.2) is 4.79 Å². The predicted octanol–water partition coefficient (Wildman–Crippen LogP) is 3.06. The Hall–Kier alpha value is -1.76. The Bertz CT molecular complexity index is 550. The van der Waals surface area contributed by atoms with Crippen LogP contribution in [-0.2, 0) is 6.42 Å². The maximum Gasteiger partial charge on any atom is 0.317 e. The number of nitrogens with one attached hydrogen (secondary N) is 1. The molecule has 0 aliphatic heterocycles. The molecule has 1 aromatic carbocycles. The topological polar surface area (TPSA) is 75.5 Å². The van der Waals surface area contributed by atoms with E-state index in [2.05, 4.69) is 11.6 Å². The number of nitro groups is 1. The van der Waals surface area contributed by atoms with Gasteiger partial charge in [0.15, 0.2) is 0 Å². The molecule has 1 aliphatic rings. The summed E-state index contributed by atoms with van der Waals surface area (Å²) in [7, 11) is 1.86. The number of thioether (sulfide) groups is 1. The summed E-state index contributed by atoms with van der Waals surface area (Å²) in [4.78, 5) is 24.2. The van der Waals surface area contributed by atoms with Crippen molar-refractivity contribution in [2.24, 2.45) is 0 Å². The number of nitro benzene ring substituents is 1. The fraction of sp³-hybridized carbons (Fsp3) is 0.562. The van der Waals surface area contributed by atoms with Crippen LogP contribution in [0.2, 0.25) is 0 Å². The van der Waals surface area contributed by atoms with E-state index in [1.807, 2.05) is 23.7 Å². The van der Waals surface area contributed by atoms with E-state index >= 15 is 0 Å². The highest BCUT2D eigenvalue weighted by molar-refractivity contribution is 7.99. The summed E-state index contributed by atoms with van der Waals surface area (Å²) in [6.45, 7) is 0.527. The zero-order valence-electron chi connectivity index (χ0n) is 13.5. The van der Waals surface area contributed by atoms with Crippen molar-refractivity contribution in [2.45, 2.75) is 37.0 Å². The Morgan fingerprint density at radius 3 is 2.65 bits per heavy atom. The molecule has 0 spiro atoms. The van der Waals surface area contributed by atoms with Crippen molar-refractivity contribution in [2.75, 3.05) is 19.8 Å². The molecule has 1 aliphatic carbocycles. The number of rotatable bonds is 6. The molecule has 1 N–H and O–H groups in total. The largest absolute Gasteiger partial charge is 0.338 e. The molecule has 1 fully saturated rings. The molecule has 7 heteroatoms. The lowest BCUT2D eigenvalue weighted by atomic mass is 10.1. The van der Waals surface area contributed by atoms with Crippen LogP contribution < -0.4 is 5.32 Å². The van der Waals surface area contributed by atoms with Crippen molar-refractivity contribution in [3.05, 3.63) is 39.9 Å². The minimum Gasteiger partial charge on any atom is -0.338 e. The zero-order valence-corrected chi connectivity index (χ0v) is 14.3. The summed E-state index contributed by atoms with van der Waals surface area (Å²) < 4.78 is 0. The molecule has 1 aromatic rings. The van der Waals surface area contributed by atoms with Gasteiger partial charge in [-0.15, -0.1) is 0 Å². The summed E-state index contributed by atoms with van der Waals surface area (Å²) in [6.07, 6.45) is 6.09. The van der Waals surface area contributed by atoms with E-state index in [1.54, 1.807) is 12.1 Å². The maximum atomic E-state index is 12.2. The highest BCUT2D eigenvalue weighted by Gasteiger charge is 2.29. The van der Waals surface area contributed by atoms with Gasteiger partial charge in [0.05, 0.1) is 4.92 Å². The van der Waals surface area contributed by atoms with Crippen molar-refractivity contribution in [1.82, 2.24) is 10.2 Å². The number of urea groups is 1. The Labute approximate surface area is 140 Å². The Morgan fingerprint density at radius 2 is 2.09 bits per heavy atom. The molecular weight excluding hydrogens is 314 g/mol. The SMILES string of the molecule is CS[C@@H]1CC[C@@H](N(C)C(=O)NCCc2ccc([N+](=O)[O-])cc2)C1. The normalized spacial score (nSPS) is 20.3. The molecular formula is C16H23N3O3S. The van der Waals surface area contributed by atoms with Gasteiger partial charge in [0, 0.05) is 37.0 Å². The first-order valence-electron chi connectivity index (χ1n) is 7.78. The molecule has 6 nitrogen and oxygen atoms in total. The van der Waals surface area contributed by atoms with Crippen LogP contribution in [0.3, 0.4) is 0 Å². The van der Waals surface area contributed by atoms with E-state index in [0.29, 0.717) is 24.3 Å². The number of hydrogen-bond donors (Lipinski definition) is 1. The van der Waals surface area contributed by atoms with E-state index < -0.39 is 4.92 Å². The number of carbonyl (C=O) groups is 1. The van der Waals surface area contributed by atoms with E-state index in [-0.39, 0.29) is 11.7 Å². The van der Waals surface area contributed by atoms with Gasteiger partial charge >= 0.3 is 6.03 Å². The molecule has 23 heavy (non-hydrogen) atoms. The molecule has 2 atom stereocenters. The van der Waals surface area contributed by atoms with Crippen molar-refractivity contribution < 1.29 is 9.72 Å². The Kier molecular flexibility index (Phi) is 6.27. The van der Waals surface area contributed by atoms with Crippen molar-refractivity contribution >= 4 is 23.5 Å². The van der Waals surface area contributed by atoms with E-state index in [0.717, 1.165) is 18.4 Å². The first-order chi connectivity index (χ1) is 11.0. The number of hydrogen-bond acceptors (Lipinski definition) is 4. The highest BCUT2D eigenvalue weighted by atomic mass is 32.2. The van der Waals surface area contributed by atoms with Gasteiger partial charge in [0.1, 0.15) is 0 Å². The van der Waals surface area contributed by atoms with Gasteiger partial charge in [-0.1, -0.05) is 12.1 Å². The third kappa shape index (κ3) is 4.86. The van der Waals surface area contributed by atoms with Gasteiger partial charge in [0.25, 0.3) is 5.69 Å². The van der Waals surface area contributed by atoms with Gasteiger partial charge in [-0.2, -0.15) is 11.8 Å². The molecule has 0 aromatic heterocycles. The molecule has 2 amide bonds. The highest BCUT2D eigenvalue weighted by Crippen LogP contribution is 2.30. The molecule has 2 rings (SSSR count). The van der Waals surface area contributed by atoms with Crippen LogP contribution in [0.25, 0.3) is 0 Å². The quantitative estimate of drug-likeness (QED) is 0.639. The lowest BCUT2D eigenvalue weighted by Crippen LogP contribution is -2.43. The molecule has 0 heterocycles. The summed E-state index contributed by atoms with van der Waals surface area (Å²) in [6, 6.07) is 6.72. The van der Waals surface area contributed by atoms with Crippen LogP contribution in [0.4, 0.5) is 10.5 Å². The Morgan fingerprint density at radius 1 is 1.39 bits per heavy atom. The smallest absolute Gasteiger partial charge is 0.317 e. The first-order valence-corrected chi connectivity index (χ1v) is 9.07. The minimum absolute atomic E-state index is 0.0429. The number of non-ortho nitro benzene ring substituents is 1. The number of carbonyl (C=O) groups excluding carboxylic acids is 1. The van der Waals surface area contributed by atoms with Crippen LogP contribution >= 0.6 is 11.8 Å². The predicted molar refractivity (Wildman–Crippen MR) is 92.9 cm³/mol. The average molecular weight is 337 g/mol. The number of nitrogens with zero attached hydrogens (tertiary/aromatic N) is 2. The second-order valence-electron chi connectivity index (χ2n) is 5.84. The van der Waals surface area contributed by atoms with Crippen LogP contribution in [0, 0.1) is 10.1 Å². The van der Waals surface area contributed by atoms with Crippen LogP contribution in [0.15, 0.2) is 24.3 Å². The second-order valence-corrected chi connectivity index (χ2v) is 6.98. The standard InChI is InChI=1S/C16H23N3O3S/c1-18(14-7-8-15(11-14)23-2)16(20)17-10-9-12-3-5-13(6-4-12)19(21)22/h3-6,14-15H,7-11H2,1-2H3,(H,17,20)/t14-,15-/m1/s1. The van der Waals surface area contributed by atoms with Gasteiger partial charge in [-0.3, -0.25) is 10.1 Å². The fourth-order valence-corrected chi connectivity index (χ4v) is 3.66. The molecule has 1 saturated carbocycles. The van der Waals surface area contributed by atoms with Crippen molar-refractivity contribution in [3.63, 3.8) is 0 Å². The average Bonchev–Trinajstić information content (AvgIpc) is 3.03. The summed E-state index contributed by atoms with van der Waals surface area (Å²) in [5, 5.41) is 14.2. The van der Waals surface area contributed by atoms with E-state index in [1.165, 1.54) is 18.6 Å². The third-order valence-corrected chi connectivity index (χ3v) is 5.49. The molecule has 0 radical (unpaired) electrons. The van der Waals surface area contributed by atoms with E-state index in [9.17, 15) is 14.9 Å². The van der Waals surface area contributed by atoms with Crippen LogP contribution in [0.5, 0.6) is 0 Å². The van der Waals surface area contributed by atoms with Gasteiger partial charge < -0.3 is 10.2 Å². The summed E-state index contributed by atoms with van der Waals surface area (Å²) in [5.74, 6) is 0. The maximum absolute atomic E-state index is 12.2. The molecule has 126 valence electrons. The lowest BCUT2D eigenvalue weighted by Gasteiger charge is -2.25. The van der Waals surface area contributed by atoms with Crippen molar-refractivity contribution in [3.8, 4) is 0 Å². The van der Waals surface area contributed by atoms with E-state index in [4.69, 9.17) is 0 Å². The fourth-order valence-electron chi connectivity index (χ4n) is 2.87. The van der Waals surface area contributed by atoms with Gasteiger partial charge in [0.2, 0.25) is 0 Å². The molecule has 0 bridgehead atoms. The monoisotopic (exact) mass is 337 g/mol. The van der Waals surface area contributed by atoms with Crippen LogP contribution in [-0.4, -0.2) is 47.0 Å². The lowest BCUT2D eigenvalue weighted by molar-refractivity contribution is -0.384. The summed E-state index contributed by atoms with van der Waals surface area (Å²) >= 11 is 1.88. The number of benzene rings is 1. The third-order valence-electron chi connectivity index (χ3n) is 4.40. The van der Waals surface area contributed by atoms with Crippen molar-refractivity contribution in [1.29, 1.82) is 0 Å². The van der Waals surface area contributed by atoms with Gasteiger partial charge in [-0.05, 0) is 37.5 Å². The van der Waals surface area contributed by atoms with Crippen LogP contribution in [0.1, 0.15) is 24.8 Å². The Balaban J connectivity index is 1.75. The first kappa shape index (κ1) is 17.6. The number of amides is 2. The zero-order chi connectivity index (χ0) is 16.8. The molecule has 0 unspecified atom stereocenters. The summed E-state index contributed by atoms with van der Waals surface area (Å²) in [5.41, 5.74) is 1.06.